The van der Waals surface area contributed by atoms with Crippen LogP contribution in [0.3, 0.4) is 0 Å². The number of hydrogen-bond donors (Lipinski definition) is 2. The van der Waals surface area contributed by atoms with Gasteiger partial charge in [0.2, 0.25) is 10.0 Å². The molecular formula is C12H13FN4O4S. The largest absolute Gasteiger partial charge is 0.478 e. The van der Waals surface area contributed by atoms with E-state index in [4.69, 9.17) is 5.11 Å². The van der Waals surface area contributed by atoms with E-state index in [1.807, 2.05) is 0 Å². The highest BCUT2D eigenvalue weighted by atomic mass is 32.2. The first-order valence-electron chi connectivity index (χ1n) is 6.08. The summed E-state index contributed by atoms with van der Waals surface area (Å²) in [5, 5.41) is 12.8. The lowest BCUT2D eigenvalue weighted by Crippen LogP contribution is -2.25. The smallest absolute Gasteiger partial charge is 0.336 e. The second-order valence-electron chi connectivity index (χ2n) is 4.51. The van der Waals surface area contributed by atoms with Crippen LogP contribution < -0.4 is 4.72 Å². The Balaban J connectivity index is 2.33. The van der Waals surface area contributed by atoms with E-state index in [0.29, 0.717) is 5.82 Å². The molecule has 22 heavy (non-hydrogen) atoms. The van der Waals surface area contributed by atoms with Crippen LogP contribution in [0.1, 0.15) is 21.7 Å². The minimum atomic E-state index is -4.08. The van der Waals surface area contributed by atoms with Crippen molar-refractivity contribution in [1.29, 1.82) is 0 Å². The van der Waals surface area contributed by atoms with Gasteiger partial charge in [0.15, 0.2) is 0 Å². The minimum Gasteiger partial charge on any atom is -0.478 e. The van der Waals surface area contributed by atoms with Gasteiger partial charge in [-0.25, -0.2) is 27.3 Å². The van der Waals surface area contributed by atoms with Crippen LogP contribution in [0.5, 0.6) is 0 Å². The molecule has 118 valence electrons. The van der Waals surface area contributed by atoms with E-state index in [1.165, 1.54) is 17.9 Å². The van der Waals surface area contributed by atoms with Gasteiger partial charge in [-0.05, 0) is 24.6 Å². The number of carbonyl (C=O) groups is 1. The standard InChI is InChI=1S/C12H13FN4O4S/c1-7-9(12(18)19)3-8(4-10(7)13)22(20,21)16-5-11-14-6-15-17(11)2/h3-4,6,16H,5H2,1-2H3,(H,18,19). The summed E-state index contributed by atoms with van der Waals surface area (Å²) < 4.78 is 41.6. The maximum absolute atomic E-state index is 13.7. The molecule has 1 aromatic carbocycles. The number of rotatable bonds is 5. The number of halogens is 1. The number of carboxylic acid groups (broad SMARTS) is 1. The highest BCUT2D eigenvalue weighted by molar-refractivity contribution is 7.89. The van der Waals surface area contributed by atoms with Crippen molar-refractivity contribution >= 4 is 16.0 Å². The SMILES string of the molecule is Cc1c(F)cc(S(=O)(=O)NCc2ncnn2C)cc1C(=O)O. The summed E-state index contributed by atoms with van der Waals surface area (Å²) >= 11 is 0. The second kappa shape index (κ2) is 5.81. The number of nitrogens with zero attached hydrogens (tertiary/aromatic N) is 3. The molecule has 2 N–H and O–H groups in total. The van der Waals surface area contributed by atoms with Gasteiger partial charge in [0.05, 0.1) is 17.0 Å². The van der Waals surface area contributed by atoms with Crippen molar-refractivity contribution in [2.75, 3.05) is 0 Å². The van der Waals surface area contributed by atoms with Crippen LogP contribution in [0.25, 0.3) is 0 Å². The Kier molecular flexibility index (Phi) is 4.24. The molecule has 0 amide bonds. The summed E-state index contributed by atoms with van der Waals surface area (Å²) in [5.41, 5.74) is -0.529. The third-order valence-corrected chi connectivity index (χ3v) is 4.46. The highest BCUT2D eigenvalue weighted by Gasteiger charge is 2.21. The zero-order valence-electron chi connectivity index (χ0n) is 11.7. The summed E-state index contributed by atoms with van der Waals surface area (Å²) in [4.78, 5) is 14.4. The molecule has 0 saturated carbocycles. The number of hydrogen-bond acceptors (Lipinski definition) is 5. The molecule has 1 heterocycles. The first-order chi connectivity index (χ1) is 10.2. The molecule has 0 aliphatic carbocycles. The van der Waals surface area contributed by atoms with Crippen LogP contribution in [0.15, 0.2) is 23.4 Å². The van der Waals surface area contributed by atoms with Crippen molar-refractivity contribution in [2.24, 2.45) is 7.05 Å². The Hall–Kier alpha value is -2.33. The number of sulfonamides is 1. The lowest BCUT2D eigenvalue weighted by Gasteiger charge is -2.09. The van der Waals surface area contributed by atoms with Gasteiger partial charge >= 0.3 is 5.97 Å². The van der Waals surface area contributed by atoms with Crippen molar-refractivity contribution in [3.05, 3.63) is 41.2 Å². The Morgan fingerprint density at radius 3 is 2.68 bits per heavy atom. The summed E-state index contributed by atoms with van der Waals surface area (Å²) in [5.74, 6) is -1.95. The molecule has 10 heteroatoms. The molecule has 0 unspecified atom stereocenters. The predicted octanol–water partition coefficient (Wildman–Crippen LogP) is 0.439. The molecule has 0 fully saturated rings. The Morgan fingerprint density at radius 1 is 1.45 bits per heavy atom. The van der Waals surface area contributed by atoms with Gasteiger partial charge in [-0.3, -0.25) is 4.68 Å². The molecule has 0 spiro atoms. The van der Waals surface area contributed by atoms with Crippen molar-refractivity contribution < 1.29 is 22.7 Å². The molecule has 2 aromatic rings. The Labute approximate surface area is 125 Å². The van der Waals surface area contributed by atoms with Gasteiger partial charge in [0.1, 0.15) is 18.0 Å². The number of nitrogens with one attached hydrogen (secondary N) is 1. The fourth-order valence-electron chi connectivity index (χ4n) is 1.75. The lowest BCUT2D eigenvalue weighted by atomic mass is 10.1. The third-order valence-electron chi connectivity index (χ3n) is 3.08. The summed E-state index contributed by atoms with van der Waals surface area (Å²) in [6.45, 7) is 1.11. The number of benzene rings is 1. The average Bonchev–Trinajstić information content (AvgIpc) is 2.84. The monoisotopic (exact) mass is 328 g/mol. The van der Waals surface area contributed by atoms with E-state index in [2.05, 4.69) is 14.8 Å². The quantitative estimate of drug-likeness (QED) is 0.823. The molecule has 0 radical (unpaired) electrons. The summed E-state index contributed by atoms with van der Waals surface area (Å²) in [6, 6.07) is 1.69. The lowest BCUT2D eigenvalue weighted by molar-refractivity contribution is 0.0695. The van der Waals surface area contributed by atoms with Gasteiger partial charge < -0.3 is 5.11 Å². The zero-order chi connectivity index (χ0) is 16.5. The van der Waals surface area contributed by atoms with Gasteiger partial charge in [-0.15, -0.1) is 0 Å². The first-order valence-corrected chi connectivity index (χ1v) is 7.56. The Morgan fingerprint density at radius 2 is 2.14 bits per heavy atom. The summed E-state index contributed by atoms with van der Waals surface area (Å²) in [6.07, 6.45) is 1.26. The maximum Gasteiger partial charge on any atom is 0.336 e. The maximum atomic E-state index is 13.7. The number of aryl methyl sites for hydroxylation is 1. The fourth-order valence-corrected chi connectivity index (χ4v) is 2.77. The molecule has 0 aliphatic heterocycles. The minimum absolute atomic E-state index is 0.125. The zero-order valence-corrected chi connectivity index (χ0v) is 12.6. The van der Waals surface area contributed by atoms with E-state index in [1.54, 1.807) is 7.05 Å². The van der Waals surface area contributed by atoms with E-state index in [9.17, 15) is 17.6 Å². The van der Waals surface area contributed by atoms with Crippen LogP contribution in [-0.2, 0) is 23.6 Å². The fraction of sp³-hybridized carbons (Fsp3) is 0.250. The topological polar surface area (TPSA) is 114 Å². The van der Waals surface area contributed by atoms with E-state index in [-0.39, 0.29) is 12.1 Å². The first kappa shape index (κ1) is 16.0. The molecule has 0 atom stereocenters. The normalized spacial score (nSPS) is 11.6. The van der Waals surface area contributed by atoms with Crippen LogP contribution in [0.2, 0.25) is 0 Å². The van der Waals surface area contributed by atoms with Crippen molar-refractivity contribution in [1.82, 2.24) is 19.5 Å². The molecule has 0 saturated heterocycles. The molecule has 1 aromatic heterocycles. The summed E-state index contributed by atoms with van der Waals surface area (Å²) in [7, 11) is -2.49. The molecule has 0 bridgehead atoms. The van der Waals surface area contributed by atoms with E-state index < -0.39 is 32.3 Å². The van der Waals surface area contributed by atoms with Crippen LogP contribution in [-0.4, -0.2) is 34.3 Å². The van der Waals surface area contributed by atoms with Crippen molar-refractivity contribution in [2.45, 2.75) is 18.4 Å². The average molecular weight is 328 g/mol. The van der Waals surface area contributed by atoms with Gasteiger partial charge in [0.25, 0.3) is 0 Å². The van der Waals surface area contributed by atoms with Crippen LogP contribution in [0, 0.1) is 12.7 Å². The Bertz CT molecular complexity index is 832. The molecule has 0 aliphatic rings. The number of aromatic nitrogens is 3. The van der Waals surface area contributed by atoms with Gasteiger partial charge in [0, 0.05) is 7.05 Å². The van der Waals surface area contributed by atoms with E-state index in [0.717, 1.165) is 12.1 Å². The van der Waals surface area contributed by atoms with Crippen molar-refractivity contribution in [3.8, 4) is 0 Å². The van der Waals surface area contributed by atoms with Gasteiger partial charge in [-0.2, -0.15) is 5.10 Å². The third kappa shape index (κ3) is 3.12. The van der Waals surface area contributed by atoms with Crippen LogP contribution in [0.4, 0.5) is 4.39 Å². The molecule has 8 nitrogen and oxygen atoms in total. The van der Waals surface area contributed by atoms with Crippen molar-refractivity contribution in [3.63, 3.8) is 0 Å². The molecule has 2 rings (SSSR count). The molecular weight excluding hydrogens is 315 g/mol. The second-order valence-corrected chi connectivity index (χ2v) is 6.27. The van der Waals surface area contributed by atoms with Crippen LogP contribution >= 0.6 is 0 Å². The number of carboxylic acids is 1. The van der Waals surface area contributed by atoms with Gasteiger partial charge in [-0.1, -0.05) is 0 Å². The predicted molar refractivity (Wildman–Crippen MR) is 73.1 cm³/mol. The number of aromatic carboxylic acids is 1. The van der Waals surface area contributed by atoms with E-state index >= 15 is 0 Å². The highest BCUT2D eigenvalue weighted by Crippen LogP contribution is 2.19.